The monoisotopic (exact) mass is 342 g/mol. The minimum Gasteiger partial charge on any atom is -0.394 e. The van der Waals surface area contributed by atoms with Crippen LogP contribution >= 0.6 is 0 Å². The van der Waals surface area contributed by atoms with E-state index < -0.39 is 74.6 Å². The average molecular weight is 342 g/mol. The molecule has 0 saturated carbocycles. The molecule has 0 spiro atoms. The first-order chi connectivity index (χ1) is 10.8. The molecule has 136 valence electrons. The summed E-state index contributed by atoms with van der Waals surface area (Å²) in [5.41, 5.74) is 0. The first-order valence-electron chi connectivity index (χ1n) is 7.08. The van der Waals surface area contributed by atoms with Crippen LogP contribution in [0.2, 0.25) is 0 Å². The molecule has 10 atom stereocenters. The van der Waals surface area contributed by atoms with E-state index >= 15 is 0 Å². The molecule has 2 fully saturated rings. The lowest BCUT2D eigenvalue weighted by Gasteiger charge is -2.45. The number of hydrogen-bond acceptors (Lipinski definition) is 11. The SMILES string of the molecule is OC[C@H]1O[C@@H](O[C@H]2[C@H](O)[C@@H](O)C(O)O[C@@H]2CO)[C@H](O)[C@H](O)[C@H]1O. The normalized spacial score (nSPS) is 51.7. The zero-order valence-corrected chi connectivity index (χ0v) is 12.0. The van der Waals surface area contributed by atoms with Gasteiger partial charge >= 0.3 is 0 Å². The Balaban J connectivity index is 2.11. The van der Waals surface area contributed by atoms with E-state index in [0.29, 0.717) is 0 Å². The van der Waals surface area contributed by atoms with Gasteiger partial charge in [-0.2, -0.15) is 0 Å². The predicted octanol–water partition coefficient (Wildman–Crippen LogP) is -5.40. The van der Waals surface area contributed by atoms with Gasteiger partial charge in [0.05, 0.1) is 13.2 Å². The van der Waals surface area contributed by atoms with Gasteiger partial charge in [0.1, 0.15) is 48.8 Å². The fourth-order valence-electron chi connectivity index (χ4n) is 2.57. The van der Waals surface area contributed by atoms with Gasteiger partial charge in [-0.1, -0.05) is 0 Å². The smallest absolute Gasteiger partial charge is 0.187 e. The minimum atomic E-state index is -1.74. The highest BCUT2D eigenvalue weighted by atomic mass is 16.7. The molecule has 0 radical (unpaired) electrons. The van der Waals surface area contributed by atoms with Crippen LogP contribution in [0.25, 0.3) is 0 Å². The number of rotatable bonds is 4. The maximum Gasteiger partial charge on any atom is 0.187 e. The second-order valence-electron chi connectivity index (χ2n) is 5.53. The van der Waals surface area contributed by atoms with Crippen LogP contribution < -0.4 is 0 Å². The Labute approximate surface area is 130 Å². The van der Waals surface area contributed by atoms with E-state index in [-0.39, 0.29) is 0 Å². The number of hydrogen-bond donors (Lipinski definition) is 8. The molecule has 0 amide bonds. The highest BCUT2D eigenvalue weighted by Crippen LogP contribution is 2.28. The number of aliphatic hydroxyl groups excluding tert-OH is 8. The zero-order chi connectivity index (χ0) is 17.3. The van der Waals surface area contributed by atoms with Gasteiger partial charge in [-0.3, -0.25) is 0 Å². The molecule has 23 heavy (non-hydrogen) atoms. The first-order valence-corrected chi connectivity index (χ1v) is 7.08. The van der Waals surface area contributed by atoms with Gasteiger partial charge in [0.25, 0.3) is 0 Å². The summed E-state index contributed by atoms with van der Waals surface area (Å²) in [4.78, 5) is 0. The fourth-order valence-corrected chi connectivity index (χ4v) is 2.57. The van der Waals surface area contributed by atoms with E-state index in [1.807, 2.05) is 0 Å². The highest BCUT2D eigenvalue weighted by molar-refractivity contribution is 4.93. The molecule has 0 aromatic carbocycles. The summed E-state index contributed by atoms with van der Waals surface area (Å²) in [6.07, 6.45) is -15.6. The quantitative estimate of drug-likeness (QED) is 0.243. The van der Waals surface area contributed by atoms with Gasteiger partial charge in [-0.25, -0.2) is 0 Å². The second-order valence-corrected chi connectivity index (χ2v) is 5.53. The minimum absolute atomic E-state index is 0.667. The van der Waals surface area contributed by atoms with E-state index in [2.05, 4.69) is 0 Å². The first kappa shape index (κ1) is 18.9. The highest BCUT2D eigenvalue weighted by Gasteiger charge is 2.50. The molecule has 8 N–H and O–H groups in total. The van der Waals surface area contributed by atoms with Crippen LogP contribution in [0.4, 0.5) is 0 Å². The van der Waals surface area contributed by atoms with Crippen molar-refractivity contribution in [1.82, 2.24) is 0 Å². The Kier molecular flexibility index (Phi) is 6.27. The molecule has 11 nitrogen and oxygen atoms in total. The fraction of sp³-hybridized carbons (Fsp3) is 1.00. The van der Waals surface area contributed by atoms with Gasteiger partial charge in [0.2, 0.25) is 0 Å². The third-order valence-electron chi connectivity index (χ3n) is 3.98. The van der Waals surface area contributed by atoms with Crippen LogP contribution in [0.15, 0.2) is 0 Å². The van der Waals surface area contributed by atoms with Crippen molar-refractivity contribution in [1.29, 1.82) is 0 Å². The third-order valence-corrected chi connectivity index (χ3v) is 3.98. The van der Waals surface area contributed by atoms with E-state index in [9.17, 15) is 35.7 Å². The molecule has 1 unspecified atom stereocenters. The predicted molar refractivity (Wildman–Crippen MR) is 68.6 cm³/mol. The molecule has 2 rings (SSSR count). The Bertz CT molecular complexity index is 378. The van der Waals surface area contributed by atoms with Gasteiger partial charge < -0.3 is 55.1 Å². The van der Waals surface area contributed by atoms with Gasteiger partial charge in [0.15, 0.2) is 12.6 Å². The summed E-state index contributed by atoms with van der Waals surface area (Å²) in [5.74, 6) is 0. The third kappa shape index (κ3) is 3.65. The van der Waals surface area contributed by atoms with Crippen molar-refractivity contribution in [3.63, 3.8) is 0 Å². The maximum absolute atomic E-state index is 9.94. The van der Waals surface area contributed by atoms with E-state index in [4.69, 9.17) is 19.3 Å². The molecule has 0 aromatic heterocycles. The molecule has 2 aliphatic rings. The van der Waals surface area contributed by atoms with E-state index in [1.54, 1.807) is 0 Å². The van der Waals surface area contributed by atoms with Crippen LogP contribution in [0, 0.1) is 0 Å². The number of aliphatic hydroxyl groups is 8. The lowest BCUT2D eigenvalue weighted by molar-refractivity contribution is -0.355. The Morgan fingerprint density at radius 3 is 1.83 bits per heavy atom. The topological polar surface area (TPSA) is 190 Å². The van der Waals surface area contributed by atoms with Crippen molar-refractivity contribution in [3.05, 3.63) is 0 Å². The number of ether oxygens (including phenoxy) is 3. The molecular formula is C12H22O11. The van der Waals surface area contributed by atoms with Crippen LogP contribution in [0.3, 0.4) is 0 Å². The van der Waals surface area contributed by atoms with Crippen LogP contribution in [0.1, 0.15) is 0 Å². The molecule has 2 saturated heterocycles. The lowest BCUT2D eigenvalue weighted by Crippen LogP contribution is -2.64. The molecule has 2 aliphatic heterocycles. The van der Waals surface area contributed by atoms with Crippen LogP contribution in [0.5, 0.6) is 0 Å². The second kappa shape index (κ2) is 7.63. The molecule has 0 bridgehead atoms. The van der Waals surface area contributed by atoms with E-state index in [0.717, 1.165) is 0 Å². The van der Waals surface area contributed by atoms with Crippen molar-refractivity contribution in [2.45, 2.75) is 61.4 Å². The average Bonchev–Trinajstić information content (AvgIpc) is 2.55. The Morgan fingerprint density at radius 1 is 0.652 bits per heavy atom. The lowest BCUT2D eigenvalue weighted by atomic mass is 9.97. The summed E-state index contributed by atoms with van der Waals surface area (Å²) >= 11 is 0. The molecule has 0 aromatic rings. The summed E-state index contributed by atoms with van der Waals surface area (Å²) in [6.45, 7) is -1.35. The maximum atomic E-state index is 9.94. The zero-order valence-electron chi connectivity index (χ0n) is 12.0. The van der Waals surface area contributed by atoms with Crippen LogP contribution in [-0.2, 0) is 14.2 Å². The molecular weight excluding hydrogens is 320 g/mol. The van der Waals surface area contributed by atoms with Crippen molar-refractivity contribution >= 4 is 0 Å². The summed E-state index contributed by atoms with van der Waals surface area (Å²) in [5, 5.41) is 76.5. The van der Waals surface area contributed by atoms with Crippen LogP contribution in [-0.4, -0.2) is 115 Å². The van der Waals surface area contributed by atoms with Gasteiger partial charge in [0, 0.05) is 0 Å². The summed E-state index contributed by atoms with van der Waals surface area (Å²) in [6, 6.07) is 0. The molecule has 2 heterocycles. The molecule has 0 aliphatic carbocycles. The van der Waals surface area contributed by atoms with Gasteiger partial charge in [-0.15, -0.1) is 0 Å². The van der Waals surface area contributed by atoms with Crippen molar-refractivity contribution in [2.24, 2.45) is 0 Å². The standard InChI is InChI=1S/C12H22O11/c13-1-3-5(15)6(16)9(19)12(22-3)23-10-4(2-14)21-11(20)8(18)7(10)17/h3-20H,1-2H2/t3-,4-,5+,6-,7-,8-,9-,10-,11?,12+/m1/s1. The van der Waals surface area contributed by atoms with Gasteiger partial charge in [-0.05, 0) is 0 Å². The largest absolute Gasteiger partial charge is 0.394 e. The summed E-state index contributed by atoms with van der Waals surface area (Å²) in [7, 11) is 0. The van der Waals surface area contributed by atoms with Crippen molar-refractivity contribution in [3.8, 4) is 0 Å². The van der Waals surface area contributed by atoms with Crippen molar-refractivity contribution < 1.29 is 55.1 Å². The van der Waals surface area contributed by atoms with Crippen molar-refractivity contribution in [2.75, 3.05) is 13.2 Å². The summed E-state index contributed by atoms with van der Waals surface area (Å²) < 4.78 is 15.3. The van der Waals surface area contributed by atoms with E-state index in [1.165, 1.54) is 0 Å². The molecule has 11 heteroatoms. The Hall–Kier alpha value is -0.440. The Morgan fingerprint density at radius 2 is 1.26 bits per heavy atom.